The third-order valence-electron chi connectivity index (χ3n) is 9.70. The number of likely N-dealkylation sites (N-methyl/N-ethyl adjacent to an activating group) is 1. The van der Waals surface area contributed by atoms with E-state index < -0.39 is 58.0 Å². The van der Waals surface area contributed by atoms with Gasteiger partial charge >= 0.3 is 0 Å². The van der Waals surface area contributed by atoms with Crippen LogP contribution in [0.4, 0.5) is 0 Å². The SMILES string of the molecule is CN(C)[C@@H]1C(O)=C(C(N)=O)C(=O)[C@@]2(O)C(O)=C3C(=O)c4c(O)ccc(-c5ccc(CNCCc6ccc(Cl)cc6)cc5)c4C[C@H]3C[C@@H]12. The number of carbonyl (C=O) groups excluding carboxylic acids is 3. The fourth-order valence-corrected chi connectivity index (χ4v) is 7.57. The van der Waals surface area contributed by atoms with Gasteiger partial charge in [-0.2, -0.15) is 0 Å². The van der Waals surface area contributed by atoms with Gasteiger partial charge < -0.3 is 31.5 Å². The number of phenols is 1. The molecule has 4 atom stereocenters. The van der Waals surface area contributed by atoms with Gasteiger partial charge in [0.1, 0.15) is 22.8 Å². The van der Waals surface area contributed by atoms with E-state index in [1.165, 1.54) is 16.5 Å². The number of Topliss-reactive ketones (excluding diaryl/α,β-unsaturated/α-hetero) is 2. The molecule has 3 aromatic rings. The standard InChI is InChI=1S/C36H36ClN3O7/c1-40(2)30-25-16-21-15-24-23(20-7-3-19(4-8-20)17-39-14-13-18-5-9-22(37)10-6-18)11-12-26(41)28(24)31(42)27(21)33(44)36(25,47)34(45)29(32(30)43)35(38)46/h3-12,21,25,30,39,41,43-44,47H,13-17H2,1-2H3,(H2,38,46)/t21-,25-,30-,36-/m0/s1. The van der Waals surface area contributed by atoms with E-state index in [1.807, 2.05) is 48.5 Å². The summed E-state index contributed by atoms with van der Waals surface area (Å²) in [5.74, 6) is -6.73. The molecule has 0 saturated heterocycles. The Morgan fingerprint density at radius 2 is 1.66 bits per heavy atom. The molecule has 0 heterocycles. The molecular weight excluding hydrogens is 622 g/mol. The lowest BCUT2D eigenvalue weighted by atomic mass is 9.58. The molecule has 11 heteroatoms. The molecule has 3 aliphatic rings. The van der Waals surface area contributed by atoms with Crippen LogP contribution in [0.5, 0.6) is 5.75 Å². The van der Waals surface area contributed by atoms with Gasteiger partial charge in [-0.25, -0.2) is 0 Å². The first-order chi connectivity index (χ1) is 22.3. The predicted octanol–water partition coefficient (Wildman–Crippen LogP) is 3.77. The van der Waals surface area contributed by atoms with Gasteiger partial charge in [0.05, 0.1) is 11.6 Å². The van der Waals surface area contributed by atoms with Gasteiger partial charge in [-0.1, -0.05) is 54.1 Å². The van der Waals surface area contributed by atoms with E-state index in [0.717, 1.165) is 29.7 Å². The molecule has 0 radical (unpaired) electrons. The zero-order chi connectivity index (χ0) is 33.8. The van der Waals surface area contributed by atoms with Crippen LogP contribution in [-0.4, -0.2) is 75.1 Å². The van der Waals surface area contributed by atoms with E-state index in [-0.39, 0.29) is 29.7 Å². The highest BCUT2D eigenvalue weighted by Gasteiger charge is 2.63. The van der Waals surface area contributed by atoms with Crippen LogP contribution in [0.15, 0.2) is 83.3 Å². The van der Waals surface area contributed by atoms with Crippen molar-refractivity contribution in [3.05, 3.63) is 111 Å². The molecule has 3 aliphatic carbocycles. The van der Waals surface area contributed by atoms with E-state index in [9.17, 15) is 34.8 Å². The summed E-state index contributed by atoms with van der Waals surface area (Å²) in [6, 6.07) is 17.8. The van der Waals surface area contributed by atoms with Crippen LogP contribution < -0.4 is 11.1 Å². The van der Waals surface area contributed by atoms with E-state index >= 15 is 0 Å². The quantitative estimate of drug-likeness (QED) is 0.156. The molecule has 7 N–H and O–H groups in total. The second-order valence-electron chi connectivity index (χ2n) is 12.7. The monoisotopic (exact) mass is 657 g/mol. The Morgan fingerprint density at radius 3 is 2.30 bits per heavy atom. The number of fused-ring (bicyclic) bond motifs is 3. The van der Waals surface area contributed by atoms with Crippen LogP contribution in [-0.2, 0) is 29.0 Å². The molecule has 0 aromatic heterocycles. The van der Waals surface area contributed by atoms with Gasteiger partial charge in [0.25, 0.3) is 5.91 Å². The zero-order valence-electron chi connectivity index (χ0n) is 26.0. The minimum atomic E-state index is -2.67. The van der Waals surface area contributed by atoms with Crippen molar-refractivity contribution in [3.63, 3.8) is 0 Å². The number of aromatic hydroxyl groups is 1. The first kappa shape index (κ1) is 32.5. The van der Waals surface area contributed by atoms with Crippen LogP contribution in [0.25, 0.3) is 11.1 Å². The molecule has 0 saturated carbocycles. The van der Waals surface area contributed by atoms with E-state index in [0.29, 0.717) is 17.1 Å². The molecular formula is C36H36ClN3O7. The van der Waals surface area contributed by atoms with Crippen LogP contribution >= 0.6 is 11.6 Å². The number of benzene rings is 3. The van der Waals surface area contributed by atoms with Crippen LogP contribution in [0.2, 0.25) is 5.02 Å². The largest absolute Gasteiger partial charge is 0.510 e. The minimum absolute atomic E-state index is 0.0174. The summed E-state index contributed by atoms with van der Waals surface area (Å²) in [7, 11) is 3.20. The van der Waals surface area contributed by atoms with E-state index in [2.05, 4.69) is 5.32 Å². The first-order valence-corrected chi connectivity index (χ1v) is 15.8. The lowest BCUT2D eigenvalue weighted by Crippen LogP contribution is -2.63. The lowest BCUT2D eigenvalue weighted by Gasteiger charge is -2.50. The summed E-state index contributed by atoms with van der Waals surface area (Å²) in [6.45, 7) is 1.44. The molecule has 1 amide bonds. The van der Waals surface area contributed by atoms with Crippen molar-refractivity contribution in [2.75, 3.05) is 20.6 Å². The number of hydrogen-bond donors (Lipinski definition) is 6. The molecule has 0 unspecified atom stereocenters. The number of allylic oxidation sites excluding steroid dienone is 1. The topological polar surface area (TPSA) is 173 Å². The van der Waals surface area contributed by atoms with Gasteiger partial charge in [-0.3, -0.25) is 19.3 Å². The number of halogens is 1. The number of ketones is 2. The Kier molecular flexibility index (Phi) is 8.48. The Bertz CT molecular complexity index is 1850. The molecule has 6 rings (SSSR count). The molecule has 0 spiro atoms. The fourth-order valence-electron chi connectivity index (χ4n) is 7.44. The third-order valence-corrected chi connectivity index (χ3v) is 9.96. The average Bonchev–Trinajstić information content (AvgIpc) is 3.02. The number of nitrogens with two attached hydrogens (primary N) is 1. The number of rotatable bonds is 8. The highest BCUT2D eigenvalue weighted by atomic mass is 35.5. The molecule has 10 nitrogen and oxygen atoms in total. The van der Waals surface area contributed by atoms with Crippen molar-refractivity contribution in [2.24, 2.45) is 17.6 Å². The predicted molar refractivity (Wildman–Crippen MR) is 176 cm³/mol. The fraction of sp³-hybridized carbons (Fsp3) is 0.306. The Morgan fingerprint density at radius 1 is 1.00 bits per heavy atom. The second kappa shape index (κ2) is 12.3. The Hall–Kier alpha value is -4.48. The number of phenolic OH excluding ortho intramolecular Hbond substituents is 1. The average molecular weight is 658 g/mol. The smallest absolute Gasteiger partial charge is 0.255 e. The number of nitrogens with zero attached hydrogens (tertiary/aromatic N) is 1. The van der Waals surface area contributed by atoms with Crippen molar-refractivity contribution in [2.45, 2.75) is 37.5 Å². The maximum Gasteiger partial charge on any atom is 0.255 e. The Balaban J connectivity index is 1.30. The second-order valence-corrected chi connectivity index (χ2v) is 13.1. The van der Waals surface area contributed by atoms with E-state index in [1.54, 1.807) is 20.2 Å². The summed E-state index contributed by atoms with van der Waals surface area (Å²) in [4.78, 5) is 41.2. The van der Waals surface area contributed by atoms with Crippen molar-refractivity contribution < 1.29 is 34.8 Å². The van der Waals surface area contributed by atoms with Crippen molar-refractivity contribution in [3.8, 4) is 16.9 Å². The van der Waals surface area contributed by atoms with Crippen LogP contribution in [0, 0.1) is 11.8 Å². The van der Waals surface area contributed by atoms with E-state index in [4.69, 9.17) is 17.3 Å². The summed E-state index contributed by atoms with van der Waals surface area (Å²) in [6.07, 6.45) is 1.10. The third kappa shape index (κ3) is 5.41. The number of nitrogens with one attached hydrogen (secondary N) is 1. The summed E-state index contributed by atoms with van der Waals surface area (Å²) >= 11 is 5.97. The highest BCUT2D eigenvalue weighted by molar-refractivity contribution is 6.30. The number of carbonyl (C=O) groups is 3. The molecule has 47 heavy (non-hydrogen) atoms. The zero-order valence-corrected chi connectivity index (χ0v) is 26.7. The highest BCUT2D eigenvalue weighted by Crippen LogP contribution is 2.53. The number of hydrogen-bond acceptors (Lipinski definition) is 9. The van der Waals surface area contributed by atoms with Gasteiger partial charge in [0.2, 0.25) is 5.78 Å². The van der Waals surface area contributed by atoms with Gasteiger partial charge in [0, 0.05) is 23.1 Å². The maximum absolute atomic E-state index is 14.0. The summed E-state index contributed by atoms with van der Waals surface area (Å²) in [5.41, 5.74) is 6.10. The molecule has 244 valence electrons. The number of amides is 1. The number of aliphatic hydroxyl groups excluding tert-OH is 2. The van der Waals surface area contributed by atoms with Crippen molar-refractivity contribution in [1.29, 1.82) is 0 Å². The van der Waals surface area contributed by atoms with Gasteiger partial charge in [-0.05, 0) is 91.8 Å². The van der Waals surface area contributed by atoms with Crippen LogP contribution in [0.1, 0.15) is 33.5 Å². The lowest BCUT2D eigenvalue weighted by molar-refractivity contribution is -0.148. The maximum atomic E-state index is 14.0. The van der Waals surface area contributed by atoms with Gasteiger partial charge in [0.15, 0.2) is 11.4 Å². The van der Waals surface area contributed by atoms with Gasteiger partial charge in [-0.15, -0.1) is 0 Å². The normalized spacial score (nSPS) is 23.9. The minimum Gasteiger partial charge on any atom is -0.510 e. The number of primary amides is 1. The summed E-state index contributed by atoms with van der Waals surface area (Å²) in [5, 5.41) is 49.3. The molecule has 3 aromatic carbocycles. The first-order valence-electron chi connectivity index (χ1n) is 15.4. The molecule has 0 bridgehead atoms. The van der Waals surface area contributed by atoms with Crippen molar-refractivity contribution >= 4 is 29.1 Å². The number of aliphatic hydroxyl groups is 3. The van der Waals surface area contributed by atoms with Crippen molar-refractivity contribution in [1.82, 2.24) is 10.2 Å². The Labute approximate surface area is 276 Å². The molecule has 0 fully saturated rings. The van der Waals surface area contributed by atoms with Crippen LogP contribution in [0.3, 0.4) is 0 Å². The molecule has 0 aliphatic heterocycles. The summed E-state index contributed by atoms with van der Waals surface area (Å²) < 4.78 is 0.